The van der Waals surface area contributed by atoms with Crippen molar-refractivity contribution in [2.75, 3.05) is 6.61 Å². The molecule has 0 bridgehead atoms. The van der Waals surface area contributed by atoms with E-state index in [2.05, 4.69) is 6.92 Å². The van der Waals surface area contributed by atoms with Crippen LogP contribution in [0.1, 0.15) is 122 Å². The van der Waals surface area contributed by atoms with Crippen LogP contribution < -0.4 is 4.74 Å². The summed E-state index contributed by atoms with van der Waals surface area (Å²) in [6, 6.07) is 4.56. The number of carbonyl (C=O) groups excluding carboxylic acids is 1. The molecule has 0 saturated heterocycles. The van der Waals surface area contributed by atoms with Crippen molar-refractivity contribution in [2.24, 2.45) is 17.8 Å². The Morgan fingerprint density at radius 2 is 1.56 bits per heavy atom. The molecule has 0 N–H and O–H groups in total. The molecule has 6 heteroatoms. The van der Waals surface area contributed by atoms with Gasteiger partial charge in [-0.3, -0.25) is 4.79 Å². The van der Waals surface area contributed by atoms with Crippen LogP contribution in [0.4, 0.5) is 13.2 Å². The Labute approximate surface area is 234 Å². The third-order valence-electron chi connectivity index (χ3n) is 9.00. The average molecular weight is 553 g/mol. The van der Waals surface area contributed by atoms with E-state index in [1.165, 1.54) is 63.5 Å². The molecule has 0 spiro atoms. The van der Waals surface area contributed by atoms with E-state index in [0.29, 0.717) is 32.1 Å². The first kappa shape index (κ1) is 31.8. The summed E-state index contributed by atoms with van der Waals surface area (Å²) in [5.41, 5.74) is 0.823. The highest BCUT2D eigenvalue weighted by molar-refractivity contribution is 5.72. The van der Waals surface area contributed by atoms with Crippen molar-refractivity contribution in [3.8, 4) is 5.75 Å². The zero-order valence-electron chi connectivity index (χ0n) is 24.3. The van der Waals surface area contributed by atoms with Gasteiger partial charge in [-0.15, -0.1) is 0 Å². The number of hydrogen-bond acceptors (Lipinski definition) is 3. The van der Waals surface area contributed by atoms with Crippen molar-refractivity contribution in [3.05, 3.63) is 29.6 Å². The van der Waals surface area contributed by atoms with Crippen molar-refractivity contribution in [1.29, 1.82) is 0 Å². The summed E-state index contributed by atoms with van der Waals surface area (Å²) in [6.45, 7) is 3.65. The van der Waals surface area contributed by atoms with Crippen molar-refractivity contribution in [2.45, 2.75) is 141 Å². The minimum Gasteiger partial charge on any atom is -0.487 e. The lowest BCUT2D eigenvalue weighted by atomic mass is 9.79. The fourth-order valence-corrected chi connectivity index (χ4v) is 6.30. The highest BCUT2D eigenvalue weighted by atomic mass is 19.2. The monoisotopic (exact) mass is 552 g/mol. The number of alkyl halides is 2. The summed E-state index contributed by atoms with van der Waals surface area (Å²) in [7, 11) is 0. The van der Waals surface area contributed by atoms with Gasteiger partial charge < -0.3 is 9.47 Å². The summed E-state index contributed by atoms with van der Waals surface area (Å²) in [5, 5.41) is 0. The smallest absolute Gasteiger partial charge is 0.309 e. The molecule has 0 amide bonds. The van der Waals surface area contributed by atoms with E-state index in [-0.39, 0.29) is 23.7 Å². The van der Waals surface area contributed by atoms with Gasteiger partial charge in [-0.05, 0) is 87.3 Å². The number of hydrogen-bond donors (Lipinski definition) is 0. The van der Waals surface area contributed by atoms with Gasteiger partial charge in [0.25, 0.3) is 0 Å². The van der Waals surface area contributed by atoms with E-state index in [9.17, 15) is 18.0 Å². The molecular formula is C33H51F3O3. The topological polar surface area (TPSA) is 35.5 Å². The van der Waals surface area contributed by atoms with E-state index in [1.54, 1.807) is 6.07 Å². The number of benzene rings is 1. The Morgan fingerprint density at radius 3 is 2.21 bits per heavy atom. The van der Waals surface area contributed by atoms with E-state index >= 15 is 0 Å². The second-order valence-corrected chi connectivity index (χ2v) is 12.0. The van der Waals surface area contributed by atoms with Crippen molar-refractivity contribution in [3.63, 3.8) is 0 Å². The van der Waals surface area contributed by atoms with Crippen LogP contribution in [0, 0.1) is 23.6 Å². The van der Waals surface area contributed by atoms with Gasteiger partial charge in [-0.1, -0.05) is 71.3 Å². The summed E-state index contributed by atoms with van der Waals surface area (Å²) >= 11 is 0. The van der Waals surface area contributed by atoms with Gasteiger partial charge in [0.15, 0.2) is 17.7 Å². The lowest BCUT2D eigenvalue weighted by Crippen LogP contribution is -2.36. The third kappa shape index (κ3) is 10.6. The lowest BCUT2D eigenvalue weighted by Gasteiger charge is -2.33. The predicted molar refractivity (Wildman–Crippen MR) is 151 cm³/mol. The molecule has 1 aromatic rings. The first-order chi connectivity index (χ1) is 18.9. The van der Waals surface area contributed by atoms with Crippen molar-refractivity contribution in [1.82, 2.24) is 0 Å². The van der Waals surface area contributed by atoms with Crippen molar-refractivity contribution < 1.29 is 27.4 Å². The third-order valence-corrected chi connectivity index (χ3v) is 9.00. The molecule has 39 heavy (non-hydrogen) atoms. The van der Waals surface area contributed by atoms with Gasteiger partial charge in [-0.25, -0.2) is 13.2 Å². The number of carbonyl (C=O) groups is 1. The largest absolute Gasteiger partial charge is 0.487 e. The zero-order chi connectivity index (χ0) is 28.0. The molecule has 0 heterocycles. The summed E-state index contributed by atoms with van der Waals surface area (Å²) < 4.78 is 54.6. The van der Waals surface area contributed by atoms with Gasteiger partial charge in [-0.2, -0.15) is 0 Å². The Kier molecular flexibility index (Phi) is 14.0. The van der Waals surface area contributed by atoms with Gasteiger partial charge in [0.2, 0.25) is 0 Å². The fourth-order valence-electron chi connectivity index (χ4n) is 6.30. The van der Waals surface area contributed by atoms with Gasteiger partial charge in [0.1, 0.15) is 18.9 Å². The molecule has 3 rings (SSSR count). The zero-order valence-corrected chi connectivity index (χ0v) is 24.3. The number of aryl methyl sites for hydroxylation is 1. The maximum absolute atomic E-state index is 14.8. The van der Waals surface area contributed by atoms with E-state index in [1.807, 2.05) is 6.92 Å². The molecule has 0 aliphatic heterocycles. The van der Waals surface area contributed by atoms with Crippen LogP contribution in [0.2, 0.25) is 0 Å². The molecule has 2 aliphatic rings. The van der Waals surface area contributed by atoms with Crippen LogP contribution in [0.25, 0.3) is 0 Å². The molecule has 2 atom stereocenters. The quantitative estimate of drug-likeness (QED) is 0.151. The molecule has 222 valence electrons. The number of esters is 1. The van der Waals surface area contributed by atoms with Crippen LogP contribution in [-0.2, 0) is 16.0 Å². The number of halogens is 3. The Morgan fingerprint density at radius 1 is 0.897 bits per heavy atom. The minimum absolute atomic E-state index is 0.0129. The molecule has 2 unspecified atom stereocenters. The molecule has 1 aromatic carbocycles. The van der Waals surface area contributed by atoms with Crippen LogP contribution in [-0.4, -0.2) is 31.0 Å². The Balaban J connectivity index is 1.28. The van der Waals surface area contributed by atoms with Gasteiger partial charge in [0, 0.05) is 0 Å². The number of unbranched alkanes of at least 4 members (excludes halogenated alkanes) is 6. The number of ether oxygens (including phenoxy) is 2. The standard InChI is InChI=1S/C33H51F3O3/c1-3-5-6-7-8-9-10-11-25-12-15-27(16-13-25)33(37)39-28-19-17-26(18-20-28)32(36)30(35)23-38-31-21-14-24(4-2)22-29(31)34/h14,21-22,25-28,30,32H,3-13,15-20,23H2,1-2H3. The van der Waals surface area contributed by atoms with Gasteiger partial charge >= 0.3 is 5.97 Å². The van der Waals surface area contributed by atoms with Crippen LogP contribution in [0.5, 0.6) is 5.75 Å². The summed E-state index contributed by atoms with van der Waals surface area (Å²) in [6.07, 6.45) is 13.7. The fraction of sp³-hybridized carbons (Fsp3) is 0.788. The maximum Gasteiger partial charge on any atom is 0.309 e. The maximum atomic E-state index is 14.8. The van der Waals surface area contributed by atoms with E-state index < -0.39 is 30.7 Å². The van der Waals surface area contributed by atoms with E-state index in [4.69, 9.17) is 9.47 Å². The second-order valence-electron chi connectivity index (χ2n) is 12.0. The first-order valence-corrected chi connectivity index (χ1v) is 15.8. The first-order valence-electron chi connectivity index (χ1n) is 15.8. The average Bonchev–Trinajstić information content (AvgIpc) is 2.96. The normalized spacial score (nSPS) is 25.2. The van der Waals surface area contributed by atoms with Gasteiger partial charge in [0.05, 0.1) is 5.92 Å². The van der Waals surface area contributed by atoms with Crippen LogP contribution in [0.15, 0.2) is 18.2 Å². The van der Waals surface area contributed by atoms with Crippen LogP contribution in [0.3, 0.4) is 0 Å². The highest BCUT2D eigenvalue weighted by Crippen LogP contribution is 2.36. The second kappa shape index (κ2) is 17.2. The van der Waals surface area contributed by atoms with Crippen molar-refractivity contribution >= 4 is 5.97 Å². The Hall–Kier alpha value is -1.72. The minimum atomic E-state index is -1.82. The molecule has 2 aliphatic carbocycles. The molecule has 0 aromatic heterocycles. The highest BCUT2D eigenvalue weighted by Gasteiger charge is 2.36. The predicted octanol–water partition coefficient (Wildman–Crippen LogP) is 9.49. The van der Waals surface area contributed by atoms with Crippen LogP contribution >= 0.6 is 0 Å². The summed E-state index contributed by atoms with van der Waals surface area (Å²) in [5.74, 6) is -0.413. The molecular weight excluding hydrogens is 501 g/mol. The lowest BCUT2D eigenvalue weighted by molar-refractivity contribution is -0.157. The Bertz CT molecular complexity index is 831. The summed E-state index contributed by atoms with van der Waals surface area (Å²) in [4.78, 5) is 12.8. The SMILES string of the molecule is CCCCCCCCCC1CCC(C(=O)OC2CCC(C(F)C(F)COc3ccc(CC)cc3F)CC2)CC1. The number of rotatable bonds is 16. The molecule has 2 saturated carbocycles. The molecule has 2 fully saturated rings. The molecule has 0 radical (unpaired) electrons. The van der Waals surface area contributed by atoms with E-state index in [0.717, 1.165) is 37.2 Å². The molecule has 3 nitrogen and oxygen atoms in total.